The zero-order chi connectivity index (χ0) is 12.1. The third-order valence-corrected chi connectivity index (χ3v) is 4.30. The van der Waals surface area contributed by atoms with E-state index in [0.29, 0.717) is 0 Å². The van der Waals surface area contributed by atoms with Gasteiger partial charge in [-0.05, 0) is 24.0 Å². The molecule has 17 heavy (non-hydrogen) atoms. The highest BCUT2D eigenvalue weighted by molar-refractivity contribution is 7.80. The highest BCUT2D eigenvalue weighted by atomic mass is 32.1. The molecule has 0 amide bonds. The van der Waals surface area contributed by atoms with E-state index in [0.717, 1.165) is 12.3 Å². The van der Waals surface area contributed by atoms with Crippen LogP contribution in [0.15, 0.2) is 6.33 Å². The van der Waals surface area contributed by atoms with Crippen LogP contribution in [0.1, 0.15) is 44.3 Å². The highest BCUT2D eigenvalue weighted by Crippen LogP contribution is 2.37. The Morgan fingerprint density at radius 3 is 2.59 bits per heavy atom. The lowest BCUT2D eigenvalue weighted by Gasteiger charge is -2.30. The molecule has 0 bridgehead atoms. The molecule has 92 valence electrons. The van der Waals surface area contributed by atoms with E-state index in [1.54, 1.807) is 11.0 Å². The van der Waals surface area contributed by atoms with Gasteiger partial charge < -0.3 is 0 Å². The predicted molar refractivity (Wildman–Crippen MR) is 68.7 cm³/mol. The molecule has 0 N–H and O–H groups in total. The fourth-order valence-corrected chi connectivity index (χ4v) is 3.03. The van der Waals surface area contributed by atoms with Gasteiger partial charge in [-0.25, -0.2) is 4.98 Å². The topological polar surface area (TPSA) is 54.5 Å². The lowest BCUT2D eigenvalue weighted by molar-refractivity contribution is 0.230. The summed E-state index contributed by atoms with van der Waals surface area (Å²) in [5.74, 6) is 1.14. The monoisotopic (exact) mass is 250 g/mol. The Hall–Kier alpha value is -1.02. The number of rotatable bonds is 3. The number of hydrogen-bond acceptors (Lipinski definition) is 4. The number of thiol groups is 1. The molecule has 0 aromatic carbocycles. The summed E-state index contributed by atoms with van der Waals surface area (Å²) in [4.78, 5) is 3.95. The summed E-state index contributed by atoms with van der Waals surface area (Å²) in [6, 6.07) is 1.97. The average molecular weight is 250 g/mol. The molecule has 0 unspecified atom stereocenters. The first-order valence-electron chi connectivity index (χ1n) is 6.18. The van der Waals surface area contributed by atoms with E-state index in [9.17, 15) is 0 Å². The Morgan fingerprint density at radius 1 is 1.35 bits per heavy atom. The van der Waals surface area contributed by atoms with Crippen LogP contribution in [0.2, 0.25) is 0 Å². The smallest absolute Gasteiger partial charge is 0.251 e. The summed E-state index contributed by atoms with van der Waals surface area (Å²) < 4.78 is 1.81. The van der Waals surface area contributed by atoms with Gasteiger partial charge in [-0.1, -0.05) is 25.7 Å². The van der Waals surface area contributed by atoms with E-state index >= 15 is 0 Å². The van der Waals surface area contributed by atoms with Crippen LogP contribution in [-0.4, -0.2) is 20.5 Å². The van der Waals surface area contributed by atoms with Gasteiger partial charge in [0.1, 0.15) is 12.4 Å². The molecule has 5 heteroatoms. The second-order valence-corrected chi connectivity index (χ2v) is 5.27. The van der Waals surface area contributed by atoms with Crippen molar-refractivity contribution in [3.05, 3.63) is 12.2 Å². The Balaban J connectivity index is 2.10. The molecule has 0 spiro atoms. The summed E-state index contributed by atoms with van der Waals surface area (Å²) in [5.41, 5.74) is 0.236. The normalized spacial score (nSPS) is 19.5. The maximum absolute atomic E-state index is 8.72. The van der Waals surface area contributed by atoms with Crippen LogP contribution in [0.3, 0.4) is 0 Å². The number of aromatic nitrogens is 3. The van der Waals surface area contributed by atoms with Crippen molar-refractivity contribution in [2.45, 2.75) is 45.1 Å². The minimum absolute atomic E-state index is 0.236. The van der Waals surface area contributed by atoms with Crippen molar-refractivity contribution in [1.29, 1.82) is 5.26 Å². The van der Waals surface area contributed by atoms with Crippen LogP contribution >= 0.6 is 12.6 Å². The lowest BCUT2D eigenvalue weighted by atomic mass is 9.82. The Bertz CT molecular complexity index is 399. The Labute approximate surface area is 107 Å². The molecular formula is C12H18N4S. The summed E-state index contributed by atoms with van der Waals surface area (Å²) in [7, 11) is 0. The molecule has 0 radical (unpaired) electrons. The molecule has 1 saturated carbocycles. The zero-order valence-electron chi connectivity index (χ0n) is 9.97. The van der Waals surface area contributed by atoms with E-state index in [1.807, 2.05) is 6.07 Å². The van der Waals surface area contributed by atoms with Gasteiger partial charge >= 0.3 is 0 Å². The molecule has 4 nitrogen and oxygen atoms in total. The maximum Gasteiger partial charge on any atom is 0.252 e. The van der Waals surface area contributed by atoms with Gasteiger partial charge in [0.05, 0.1) is 0 Å². The largest absolute Gasteiger partial charge is 0.252 e. The fourth-order valence-electron chi connectivity index (χ4n) is 2.61. The van der Waals surface area contributed by atoms with E-state index in [1.165, 1.54) is 38.5 Å². The molecular weight excluding hydrogens is 232 g/mol. The number of nitrogens with zero attached hydrogens (tertiary/aromatic N) is 4. The Morgan fingerprint density at radius 2 is 2.06 bits per heavy atom. The number of nitriles is 1. The van der Waals surface area contributed by atoms with Gasteiger partial charge in [0.15, 0.2) is 0 Å². The second kappa shape index (κ2) is 5.54. The van der Waals surface area contributed by atoms with Crippen molar-refractivity contribution >= 4 is 12.6 Å². The van der Waals surface area contributed by atoms with Gasteiger partial charge in [0.25, 0.3) is 5.82 Å². The molecule has 0 atom stereocenters. The average Bonchev–Trinajstić information content (AvgIpc) is 2.67. The van der Waals surface area contributed by atoms with Crippen LogP contribution in [0.5, 0.6) is 0 Å². The number of hydrogen-bond donors (Lipinski definition) is 1. The van der Waals surface area contributed by atoms with Crippen molar-refractivity contribution in [2.75, 3.05) is 5.75 Å². The first kappa shape index (κ1) is 12.4. The van der Waals surface area contributed by atoms with Crippen LogP contribution in [0, 0.1) is 16.7 Å². The second-order valence-electron chi connectivity index (χ2n) is 4.95. The van der Waals surface area contributed by atoms with E-state index in [4.69, 9.17) is 5.26 Å². The van der Waals surface area contributed by atoms with Gasteiger partial charge in [0, 0.05) is 6.54 Å². The van der Waals surface area contributed by atoms with Crippen molar-refractivity contribution in [1.82, 2.24) is 14.8 Å². The van der Waals surface area contributed by atoms with Crippen LogP contribution < -0.4 is 0 Å². The molecule has 0 aliphatic heterocycles. The predicted octanol–water partition coefficient (Wildman–Crippen LogP) is 2.42. The lowest BCUT2D eigenvalue weighted by Crippen LogP contribution is -2.28. The fraction of sp³-hybridized carbons (Fsp3) is 0.750. The SMILES string of the molecule is N#Cc1ncn(CC2(CS)CCCCCC2)n1. The molecule has 1 aromatic heterocycles. The molecule has 2 rings (SSSR count). The maximum atomic E-state index is 8.72. The summed E-state index contributed by atoms with van der Waals surface area (Å²) >= 11 is 4.53. The molecule has 1 aromatic rings. The van der Waals surface area contributed by atoms with Crippen molar-refractivity contribution < 1.29 is 0 Å². The minimum atomic E-state index is 0.236. The van der Waals surface area contributed by atoms with Crippen molar-refractivity contribution in [3.8, 4) is 6.07 Å². The van der Waals surface area contributed by atoms with Crippen molar-refractivity contribution in [2.24, 2.45) is 5.41 Å². The van der Waals surface area contributed by atoms with Crippen LogP contribution in [0.4, 0.5) is 0 Å². The molecule has 1 aliphatic rings. The van der Waals surface area contributed by atoms with E-state index in [-0.39, 0.29) is 11.2 Å². The summed E-state index contributed by atoms with van der Waals surface area (Å²) in [6.45, 7) is 0.838. The first-order chi connectivity index (χ1) is 8.28. The van der Waals surface area contributed by atoms with E-state index < -0.39 is 0 Å². The third-order valence-electron chi connectivity index (χ3n) is 3.63. The van der Waals surface area contributed by atoms with Gasteiger partial charge in [0.2, 0.25) is 0 Å². The third kappa shape index (κ3) is 3.01. The van der Waals surface area contributed by atoms with Gasteiger partial charge in [-0.3, -0.25) is 4.68 Å². The molecule has 1 heterocycles. The van der Waals surface area contributed by atoms with Gasteiger partial charge in [-0.2, -0.15) is 17.9 Å². The first-order valence-corrected chi connectivity index (χ1v) is 6.82. The van der Waals surface area contributed by atoms with Crippen LogP contribution in [0.25, 0.3) is 0 Å². The summed E-state index contributed by atoms with van der Waals surface area (Å²) in [5, 5.41) is 12.9. The van der Waals surface area contributed by atoms with Crippen molar-refractivity contribution in [3.63, 3.8) is 0 Å². The zero-order valence-corrected chi connectivity index (χ0v) is 10.9. The minimum Gasteiger partial charge on any atom is -0.251 e. The summed E-state index contributed by atoms with van der Waals surface area (Å²) in [6.07, 6.45) is 9.29. The van der Waals surface area contributed by atoms with Crippen LogP contribution in [-0.2, 0) is 6.54 Å². The quantitative estimate of drug-likeness (QED) is 0.662. The van der Waals surface area contributed by atoms with Gasteiger partial charge in [-0.15, -0.1) is 5.10 Å². The van der Waals surface area contributed by atoms with E-state index in [2.05, 4.69) is 22.7 Å². The molecule has 0 saturated heterocycles. The highest BCUT2D eigenvalue weighted by Gasteiger charge is 2.30. The molecule has 1 aliphatic carbocycles. The standard InChI is InChI=1S/C12H18N4S/c13-7-11-14-10-16(15-11)8-12(9-17)5-3-1-2-4-6-12/h10,17H,1-6,8-9H2. The Kier molecular flexibility index (Phi) is 4.06. The molecule has 1 fully saturated rings.